The highest BCUT2D eigenvalue weighted by molar-refractivity contribution is 7.90. The second kappa shape index (κ2) is 8.67. The molecule has 0 aliphatic heterocycles. The molecule has 7 heteroatoms. The van der Waals surface area contributed by atoms with Gasteiger partial charge in [0.2, 0.25) is 0 Å². The Labute approximate surface area is 163 Å². The van der Waals surface area contributed by atoms with Crippen LogP contribution in [-0.4, -0.2) is 20.5 Å². The highest BCUT2D eigenvalue weighted by Crippen LogP contribution is 2.18. The monoisotopic (exact) mass is 396 g/mol. The number of furan rings is 1. The highest BCUT2D eigenvalue weighted by Gasteiger charge is 2.19. The maximum atomic E-state index is 12.4. The van der Waals surface area contributed by atoms with E-state index < -0.39 is 15.7 Å². The van der Waals surface area contributed by atoms with E-state index in [2.05, 4.69) is 17.5 Å². The topological polar surface area (TPSA) is 88.7 Å². The van der Waals surface area contributed by atoms with Crippen LogP contribution in [-0.2, 0) is 22.0 Å². The highest BCUT2D eigenvalue weighted by atomic mass is 32.2. The number of nitrogens with one attached hydrogen (secondary N) is 1. The van der Waals surface area contributed by atoms with Gasteiger partial charge >= 0.3 is 5.91 Å². The van der Waals surface area contributed by atoms with Gasteiger partial charge in [-0.05, 0) is 41.8 Å². The zero-order chi connectivity index (χ0) is 20.0. The van der Waals surface area contributed by atoms with Crippen molar-refractivity contribution in [1.82, 2.24) is 5.43 Å². The van der Waals surface area contributed by atoms with E-state index in [1.165, 1.54) is 36.0 Å². The number of carbonyl (C=O) groups is 1. The molecular formula is C21H20N2O4S. The standard InChI is InChI=1S/C21H20N2O4S/c1-2-16-8-10-17(11-9-16)14-22-23-21(24)20-13-12-18(27-20)15-28(25,26)19-6-4-3-5-7-19/h3-14H,2,15H2,1H3,(H,23,24)/b22-14-. The third-order valence-electron chi connectivity index (χ3n) is 4.09. The molecule has 6 nitrogen and oxygen atoms in total. The lowest BCUT2D eigenvalue weighted by molar-refractivity contribution is 0.0926. The van der Waals surface area contributed by atoms with Gasteiger partial charge in [0, 0.05) is 0 Å². The number of hydrogen-bond acceptors (Lipinski definition) is 5. The first-order chi connectivity index (χ1) is 13.5. The van der Waals surface area contributed by atoms with Gasteiger partial charge in [0.15, 0.2) is 15.6 Å². The number of hydrogen-bond donors (Lipinski definition) is 1. The molecule has 1 amide bonds. The predicted octanol–water partition coefficient (Wildman–Crippen LogP) is 3.58. The molecule has 0 saturated carbocycles. The van der Waals surface area contributed by atoms with E-state index in [9.17, 15) is 13.2 Å². The molecule has 0 fully saturated rings. The maximum Gasteiger partial charge on any atom is 0.307 e. The lowest BCUT2D eigenvalue weighted by Gasteiger charge is -2.02. The van der Waals surface area contributed by atoms with Crippen LogP contribution in [0, 0.1) is 0 Å². The first-order valence-electron chi connectivity index (χ1n) is 8.77. The van der Waals surface area contributed by atoms with Gasteiger partial charge in [0.05, 0.1) is 11.1 Å². The number of aryl methyl sites for hydroxylation is 1. The zero-order valence-corrected chi connectivity index (χ0v) is 16.1. The van der Waals surface area contributed by atoms with Crippen LogP contribution in [0.3, 0.4) is 0 Å². The minimum Gasteiger partial charge on any atom is -0.455 e. The number of hydrazone groups is 1. The van der Waals surface area contributed by atoms with Gasteiger partial charge in [-0.25, -0.2) is 13.8 Å². The molecule has 3 rings (SSSR count). The Balaban J connectivity index is 1.61. The molecule has 1 aromatic heterocycles. The summed E-state index contributed by atoms with van der Waals surface area (Å²) in [6.07, 6.45) is 2.48. The molecule has 0 saturated heterocycles. The Morgan fingerprint density at radius 1 is 1.04 bits per heavy atom. The second-order valence-corrected chi connectivity index (χ2v) is 8.12. The van der Waals surface area contributed by atoms with E-state index in [-0.39, 0.29) is 22.2 Å². The van der Waals surface area contributed by atoms with Crippen molar-refractivity contribution in [3.8, 4) is 0 Å². The third-order valence-corrected chi connectivity index (χ3v) is 5.74. The Kier molecular flexibility index (Phi) is 6.06. The van der Waals surface area contributed by atoms with Crippen LogP contribution in [0.1, 0.15) is 34.4 Å². The van der Waals surface area contributed by atoms with Crippen LogP contribution in [0.2, 0.25) is 0 Å². The van der Waals surface area contributed by atoms with Crippen molar-refractivity contribution in [3.63, 3.8) is 0 Å². The van der Waals surface area contributed by atoms with Crippen LogP contribution >= 0.6 is 0 Å². The molecule has 0 radical (unpaired) electrons. The number of rotatable bonds is 7. The summed E-state index contributed by atoms with van der Waals surface area (Å²) in [4.78, 5) is 12.3. The number of amides is 1. The average Bonchev–Trinajstić information content (AvgIpc) is 3.17. The number of benzene rings is 2. The first-order valence-corrected chi connectivity index (χ1v) is 10.4. The van der Waals surface area contributed by atoms with Gasteiger partial charge in [-0.3, -0.25) is 4.79 Å². The van der Waals surface area contributed by atoms with Crippen molar-refractivity contribution in [3.05, 3.63) is 89.4 Å². The maximum absolute atomic E-state index is 12.4. The summed E-state index contributed by atoms with van der Waals surface area (Å²) in [5, 5.41) is 3.90. The molecule has 0 aliphatic carbocycles. The molecule has 2 aromatic carbocycles. The van der Waals surface area contributed by atoms with Crippen molar-refractivity contribution in [2.75, 3.05) is 0 Å². The summed E-state index contributed by atoms with van der Waals surface area (Å²) in [5.41, 5.74) is 4.44. The minimum absolute atomic E-state index is 0.00302. The summed E-state index contributed by atoms with van der Waals surface area (Å²) < 4.78 is 30.1. The van der Waals surface area contributed by atoms with Crippen LogP contribution < -0.4 is 5.43 Å². The van der Waals surface area contributed by atoms with Crippen LogP contribution in [0.25, 0.3) is 0 Å². The van der Waals surface area contributed by atoms with Gasteiger partial charge in [0.25, 0.3) is 0 Å². The van der Waals surface area contributed by atoms with Gasteiger partial charge in [-0.1, -0.05) is 49.4 Å². The molecule has 0 bridgehead atoms. The SMILES string of the molecule is CCc1ccc(/C=N\NC(=O)c2ccc(CS(=O)(=O)c3ccccc3)o2)cc1. The van der Waals surface area contributed by atoms with E-state index in [1.807, 2.05) is 24.3 Å². The fraction of sp³-hybridized carbons (Fsp3) is 0.143. The van der Waals surface area contributed by atoms with E-state index in [0.29, 0.717) is 0 Å². The number of carbonyl (C=O) groups excluding carboxylic acids is 1. The van der Waals surface area contributed by atoms with Crippen LogP contribution in [0.4, 0.5) is 0 Å². The molecular weight excluding hydrogens is 376 g/mol. The predicted molar refractivity (Wildman–Crippen MR) is 107 cm³/mol. The largest absolute Gasteiger partial charge is 0.455 e. The minimum atomic E-state index is -3.54. The second-order valence-electron chi connectivity index (χ2n) is 6.13. The molecule has 0 aliphatic rings. The van der Waals surface area contributed by atoms with E-state index in [0.717, 1.165) is 12.0 Å². The molecule has 0 unspecified atom stereocenters. The van der Waals surface area contributed by atoms with Crippen molar-refractivity contribution < 1.29 is 17.6 Å². The van der Waals surface area contributed by atoms with Crippen molar-refractivity contribution in [1.29, 1.82) is 0 Å². The number of sulfone groups is 1. The van der Waals surface area contributed by atoms with Gasteiger partial charge in [-0.2, -0.15) is 5.10 Å². The molecule has 28 heavy (non-hydrogen) atoms. The Morgan fingerprint density at radius 2 is 1.75 bits per heavy atom. The quantitative estimate of drug-likeness (QED) is 0.488. The summed E-state index contributed by atoms with van der Waals surface area (Å²) in [7, 11) is -3.54. The first kappa shape index (κ1) is 19.6. The van der Waals surface area contributed by atoms with E-state index in [1.54, 1.807) is 18.2 Å². The summed E-state index contributed by atoms with van der Waals surface area (Å²) in [6.45, 7) is 2.08. The lowest BCUT2D eigenvalue weighted by atomic mass is 10.1. The van der Waals surface area contributed by atoms with Crippen molar-refractivity contribution in [2.45, 2.75) is 24.0 Å². The Morgan fingerprint density at radius 3 is 2.43 bits per heavy atom. The molecule has 144 valence electrons. The Hall–Kier alpha value is -3.19. The van der Waals surface area contributed by atoms with Crippen LogP contribution in [0.5, 0.6) is 0 Å². The van der Waals surface area contributed by atoms with Crippen molar-refractivity contribution >= 4 is 22.0 Å². The lowest BCUT2D eigenvalue weighted by Crippen LogP contribution is -2.16. The third kappa shape index (κ3) is 4.95. The fourth-order valence-electron chi connectivity index (χ4n) is 2.54. The van der Waals surface area contributed by atoms with Crippen molar-refractivity contribution in [2.24, 2.45) is 5.10 Å². The van der Waals surface area contributed by atoms with Gasteiger partial charge in [-0.15, -0.1) is 0 Å². The molecule has 3 aromatic rings. The molecule has 1 heterocycles. The van der Waals surface area contributed by atoms with Crippen LogP contribution in [0.15, 0.2) is 81.1 Å². The molecule has 1 N–H and O–H groups in total. The normalized spacial score (nSPS) is 11.6. The average molecular weight is 396 g/mol. The fourth-order valence-corrected chi connectivity index (χ4v) is 3.80. The molecule has 0 spiro atoms. The van der Waals surface area contributed by atoms with Gasteiger partial charge in [0.1, 0.15) is 11.5 Å². The van der Waals surface area contributed by atoms with E-state index >= 15 is 0 Å². The smallest absolute Gasteiger partial charge is 0.307 e. The van der Waals surface area contributed by atoms with Gasteiger partial charge < -0.3 is 4.42 Å². The Bertz CT molecular complexity index is 1070. The summed E-state index contributed by atoms with van der Waals surface area (Å²) in [6, 6.07) is 18.8. The molecule has 0 atom stereocenters. The summed E-state index contributed by atoms with van der Waals surface area (Å²) >= 11 is 0. The summed E-state index contributed by atoms with van der Waals surface area (Å²) in [5.74, 6) is -0.688. The zero-order valence-electron chi connectivity index (χ0n) is 15.3. The van der Waals surface area contributed by atoms with E-state index in [4.69, 9.17) is 4.42 Å². The number of nitrogens with zero attached hydrogens (tertiary/aromatic N) is 1.